The summed E-state index contributed by atoms with van der Waals surface area (Å²) in [5, 5.41) is 0.757. The van der Waals surface area contributed by atoms with Gasteiger partial charge in [-0.3, -0.25) is 0 Å². The minimum atomic E-state index is -4.44. The van der Waals surface area contributed by atoms with Crippen LogP contribution in [0.2, 0.25) is 10.0 Å². The van der Waals surface area contributed by atoms with E-state index in [4.69, 9.17) is 23.2 Å². The zero-order valence-corrected chi connectivity index (χ0v) is 13.6. The van der Waals surface area contributed by atoms with Gasteiger partial charge in [0.1, 0.15) is 0 Å². The third-order valence-corrected chi connectivity index (χ3v) is 4.45. The van der Waals surface area contributed by atoms with Crippen LogP contribution in [0.5, 0.6) is 0 Å². The first kappa shape index (κ1) is 16.0. The molecular weight excluding hydrogens is 396 g/mol. The topological polar surface area (TPSA) is 0 Å². The van der Waals surface area contributed by atoms with E-state index < -0.39 is 11.7 Å². The number of benzene rings is 2. The van der Waals surface area contributed by atoms with Crippen molar-refractivity contribution in [3.05, 3.63) is 56.5 Å². The van der Waals surface area contributed by atoms with Gasteiger partial charge in [-0.1, -0.05) is 57.0 Å². The molecule has 0 aliphatic carbocycles. The molecular formula is C13H6BrCl2F3S. The quantitative estimate of drug-likeness (QED) is 0.525. The van der Waals surface area contributed by atoms with Crippen molar-refractivity contribution < 1.29 is 13.2 Å². The fraction of sp³-hybridized carbons (Fsp3) is 0.0769. The van der Waals surface area contributed by atoms with Gasteiger partial charge in [-0.25, -0.2) is 0 Å². The molecule has 0 atom stereocenters. The molecule has 0 heterocycles. The lowest BCUT2D eigenvalue weighted by Gasteiger charge is -2.14. The second kappa shape index (κ2) is 6.18. The van der Waals surface area contributed by atoms with E-state index in [0.717, 1.165) is 11.8 Å². The van der Waals surface area contributed by atoms with E-state index in [0.29, 0.717) is 14.9 Å². The Bertz CT molecular complexity index is 624. The molecule has 0 spiro atoms. The summed E-state index contributed by atoms with van der Waals surface area (Å²) in [6.45, 7) is 0. The largest absolute Gasteiger partial charge is 0.418 e. The number of rotatable bonds is 2. The first-order valence-corrected chi connectivity index (χ1v) is 7.63. The molecule has 0 unspecified atom stereocenters. The highest BCUT2D eigenvalue weighted by Gasteiger charge is 2.35. The number of hydrogen-bond acceptors (Lipinski definition) is 1. The Morgan fingerprint density at radius 1 is 1.00 bits per heavy atom. The van der Waals surface area contributed by atoms with E-state index in [1.54, 1.807) is 18.2 Å². The van der Waals surface area contributed by atoms with Crippen LogP contribution >= 0.6 is 50.9 Å². The molecule has 0 aromatic heterocycles. The summed E-state index contributed by atoms with van der Waals surface area (Å²) >= 11 is 15.6. The first-order valence-electron chi connectivity index (χ1n) is 5.27. The summed E-state index contributed by atoms with van der Waals surface area (Å²) in [5.41, 5.74) is -0.707. The average Bonchev–Trinajstić information content (AvgIpc) is 2.25. The Balaban J connectivity index is 2.46. The van der Waals surface area contributed by atoms with E-state index >= 15 is 0 Å². The van der Waals surface area contributed by atoms with E-state index in [1.807, 2.05) is 0 Å². The lowest BCUT2D eigenvalue weighted by atomic mass is 10.2. The summed E-state index contributed by atoms with van der Waals surface area (Å²) in [6, 6.07) is 8.98. The van der Waals surface area contributed by atoms with Crippen molar-refractivity contribution in [3.63, 3.8) is 0 Å². The molecule has 0 amide bonds. The highest BCUT2D eigenvalue weighted by Crippen LogP contribution is 2.43. The Morgan fingerprint density at radius 2 is 1.60 bits per heavy atom. The highest BCUT2D eigenvalue weighted by atomic mass is 79.9. The van der Waals surface area contributed by atoms with Crippen molar-refractivity contribution in [2.24, 2.45) is 0 Å². The normalized spacial score (nSPS) is 11.7. The van der Waals surface area contributed by atoms with Crippen molar-refractivity contribution in [1.29, 1.82) is 0 Å². The van der Waals surface area contributed by atoms with Crippen LogP contribution in [-0.2, 0) is 6.18 Å². The Hall–Kier alpha value is -0.360. The van der Waals surface area contributed by atoms with Gasteiger partial charge < -0.3 is 0 Å². The van der Waals surface area contributed by atoms with Crippen LogP contribution in [0, 0.1) is 0 Å². The van der Waals surface area contributed by atoms with Crippen molar-refractivity contribution in [3.8, 4) is 0 Å². The van der Waals surface area contributed by atoms with E-state index in [-0.39, 0.29) is 9.37 Å². The molecule has 0 aliphatic rings. The van der Waals surface area contributed by atoms with Gasteiger partial charge >= 0.3 is 6.18 Å². The second-order valence-electron chi connectivity index (χ2n) is 3.82. The predicted octanol–water partition coefficient (Wildman–Crippen LogP) is 6.93. The summed E-state index contributed by atoms with van der Waals surface area (Å²) in [5.74, 6) is 0. The average molecular weight is 402 g/mol. The summed E-state index contributed by atoms with van der Waals surface area (Å²) in [7, 11) is 0. The molecule has 0 bridgehead atoms. The molecule has 7 heteroatoms. The monoisotopic (exact) mass is 400 g/mol. The highest BCUT2D eigenvalue weighted by molar-refractivity contribution is 9.10. The molecule has 20 heavy (non-hydrogen) atoms. The van der Waals surface area contributed by atoms with Gasteiger partial charge in [0.15, 0.2) is 0 Å². The Kier molecular flexibility index (Phi) is 4.95. The van der Waals surface area contributed by atoms with Crippen LogP contribution in [0.1, 0.15) is 5.56 Å². The van der Waals surface area contributed by atoms with Gasteiger partial charge in [0.05, 0.1) is 5.56 Å². The van der Waals surface area contributed by atoms with Gasteiger partial charge in [0.25, 0.3) is 0 Å². The summed E-state index contributed by atoms with van der Waals surface area (Å²) < 4.78 is 39.2. The van der Waals surface area contributed by atoms with Crippen molar-refractivity contribution in [1.82, 2.24) is 0 Å². The van der Waals surface area contributed by atoms with Gasteiger partial charge in [-0.15, -0.1) is 0 Å². The SMILES string of the molecule is FC(F)(F)c1c(Br)cccc1Sc1cc(Cl)cc(Cl)c1. The maximum atomic E-state index is 13.1. The molecule has 106 valence electrons. The fourth-order valence-corrected chi connectivity index (χ4v) is 4.06. The number of alkyl halides is 3. The van der Waals surface area contributed by atoms with Crippen molar-refractivity contribution in [2.45, 2.75) is 16.0 Å². The molecule has 0 aliphatic heterocycles. The smallest absolute Gasteiger partial charge is 0.166 e. The zero-order valence-electron chi connectivity index (χ0n) is 9.64. The molecule has 0 saturated heterocycles. The number of halogens is 6. The van der Waals surface area contributed by atoms with Gasteiger partial charge in [-0.2, -0.15) is 13.2 Å². The van der Waals surface area contributed by atoms with Gasteiger partial charge in [0, 0.05) is 24.3 Å². The zero-order chi connectivity index (χ0) is 14.9. The van der Waals surface area contributed by atoms with Crippen LogP contribution in [0.3, 0.4) is 0 Å². The minimum Gasteiger partial charge on any atom is -0.166 e. The van der Waals surface area contributed by atoms with Crippen molar-refractivity contribution >= 4 is 50.9 Å². The van der Waals surface area contributed by atoms with E-state index in [2.05, 4.69) is 15.9 Å². The fourth-order valence-electron chi connectivity index (χ4n) is 1.58. The molecule has 0 saturated carbocycles. The number of hydrogen-bond donors (Lipinski definition) is 0. The Labute approximate surface area is 136 Å². The lowest BCUT2D eigenvalue weighted by molar-refractivity contribution is -0.140. The first-order chi connectivity index (χ1) is 9.27. The molecule has 2 rings (SSSR count). The maximum absolute atomic E-state index is 13.1. The van der Waals surface area contributed by atoms with E-state index in [9.17, 15) is 13.2 Å². The molecule has 2 aromatic rings. The minimum absolute atomic E-state index is 0.00289. The lowest BCUT2D eigenvalue weighted by Crippen LogP contribution is -2.07. The third kappa shape index (κ3) is 3.85. The molecule has 0 fully saturated rings. The van der Waals surface area contributed by atoms with Crippen molar-refractivity contribution in [2.75, 3.05) is 0 Å². The third-order valence-electron chi connectivity index (χ3n) is 2.32. The molecule has 0 N–H and O–H groups in total. The van der Waals surface area contributed by atoms with Crippen LogP contribution in [0.4, 0.5) is 13.2 Å². The van der Waals surface area contributed by atoms with Crippen LogP contribution in [0.15, 0.2) is 50.7 Å². The van der Waals surface area contributed by atoms with Crippen LogP contribution in [-0.4, -0.2) is 0 Å². The van der Waals surface area contributed by atoms with Crippen LogP contribution in [0.25, 0.3) is 0 Å². The second-order valence-corrected chi connectivity index (χ2v) is 6.66. The Morgan fingerprint density at radius 3 is 2.15 bits per heavy atom. The predicted molar refractivity (Wildman–Crippen MR) is 79.7 cm³/mol. The summed E-state index contributed by atoms with van der Waals surface area (Å²) in [6.07, 6.45) is -4.44. The molecule has 2 aromatic carbocycles. The van der Waals surface area contributed by atoms with Gasteiger partial charge in [0.2, 0.25) is 0 Å². The van der Waals surface area contributed by atoms with Crippen LogP contribution < -0.4 is 0 Å². The van der Waals surface area contributed by atoms with Gasteiger partial charge in [-0.05, 0) is 30.3 Å². The summed E-state index contributed by atoms with van der Waals surface area (Å²) in [4.78, 5) is 0.635. The van der Waals surface area contributed by atoms with E-state index in [1.165, 1.54) is 18.2 Å². The molecule has 0 nitrogen and oxygen atoms in total. The maximum Gasteiger partial charge on any atom is 0.418 e. The standard InChI is InChI=1S/C13H6BrCl2F3S/c14-10-2-1-3-11(12(10)13(17,18)19)20-9-5-7(15)4-8(16)6-9/h1-6H. The molecule has 0 radical (unpaired) electrons.